The molecule has 0 aromatic heterocycles. The van der Waals surface area contributed by atoms with Gasteiger partial charge < -0.3 is 10.8 Å². The highest BCUT2D eigenvalue weighted by atomic mass is 35.5. The van der Waals surface area contributed by atoms with E-state index in [2.05, 4.69) is 0 Å². The summed E-state index contributed by atoms with van der Waals surface area (Å²) in [7, 11) is 0. The second-order valence-corrected chi connectivity index (χ2v) is 3.18. The number of benzene rings is 1. The summed E-state index contributed by atoms with van der Waals surface area (Å²) in [6, 6.07) is 5.09. The smallest absolute Gasteiger partial charge is 0.0927 e. The van der Waals surface area contributed by atoms with Crippen molar-refractivity contribution >= 4 is 23.2 Å². The van der Waals surface area contributed by atoms with Gasteiger partial charge in [0, 0.05) is 12.1 Å². The van der Waals surface area contributed by atoms with Crippen LogP contribution >= 0.6 is 23.2 Å². The summed E-state index contributed by atoms with van der Waals surface area (Å²) in [6.07, 6.45) is -0.740. The zero-order valence-electron chi connectivity index (χ0n) is 6.30. The fourth-order valence-corrected chi connectivity index (χ4v) is 1.34. The van der Waals surface area contributed by atoms with Crippen molar-refractivity contribution in [1.29, 1.82) is 0 Å². The minimum atomic E-state index is -0.740. The van der Waals surface area contributed by atoms with Gasteiger partial charge in [-0.25, -0.2) is 0 Å². The third kappa shape index (κ3) is 1.90. The highest BCUT2D eigenvalue weighted by Crippen LogP contribution is 2.29. The topological polar surface area (TPSA) is 46.2 Å². The van der Waals surface area contributed by atoms with Gasteiger partial charge in [0.05, 0.1) is 16.1 Å². The van der Waals surface area contributed by atoms with E-state index in [1.165, 1.54) is 0 Å². The fourth-order valence-electron chi connectivity index (χ4n) is 0.905. The van der Waals surface area contributed by atoms with Crippen molar-refractivity contribution in [2.75, 3.05) is 6.54 Å². The molecular formula is C8H9Cl2NO. The molecule has 0 saturated heterocycles. The van der Waals surface area contributed by atoms with Crippen molar-refractivity contribution in [1.82, 2.24) is 0 Å². The molecule has 2 nitrogen and oxygen atoms in total. The average Bonchev–Trinajstić information content (AvgIpc) is 2.08. The molecular weight excluding hydrogens is 197 g/mol. The number of hydrogen-bond acceptors (Lipinski definition) is 2. The van der Waals surface area contributed by atoms with Crippen molar-refractivity contribution in [2.45, 2.75) is 6.10 Å². The van der Waals surface area contributed by atoms with Crippen LogP contribution < -0.4 is 5.73 Å². The molecule has 0 spiro atoms. The molecule has 0 aliphatic rings. The van der Waals surface area contributed by atoms with Crippen LogP contribution in [0.3, 0.4) is 0 Å². The van der Waals surface area contributed by atoms with Crippen molar-refractivity contribution in [3.05, 3.63) is 33.8 Å². The summed E-state index contributed by atoms with van der Waals surface area (Å²) < 4.78 is 0. The van der Waals surface area contributed by atoms with Gasteiger partial charge in [-0.2, -0.15) is 0 Å². The first-order chi connectivity index (χ1) is 5.66. The van der Waals surface area contributed by atoms with Gasteiger partial charge >= 0.3 is 0 Å². The first kappa shape index (κ1) is 9.81. The van der Waals surface area contributed by atoms with E-state index in [9.17, 15) is 5.11 Å². The Bertz CT molecular complexity index is 278. The van der Waals surface area contributed by atoms with Gasteiger partial charge in [0.15, 0.2) is 0 Å². The minimum absolute atomic E-state index is 0.139. The van der Waals surface area contributed by atoms with Crippen LogP contribution in [-0.2, 0) is 0 Å². The van der Waals surface area contributed by atoms with Crippen molar-refractivity contribution in [2.24, 2.45) is 5.73 Å². The molecule has 0 saturated carbocycles. The van der Waals surface area contributed by atoms with E-state index in [1.807, 2.05) is 0 Å². The van der Waals surface area contributed by atoms with Crippen LogP contribution in [-0.4, -0.2) is 11.7 Å². The lowest BCUT2D eigenvalue weighted by Gasteiger charge is -2.10. The lowest BCUT2D eigenvalue weighted by Crippen LogP contribution is -2.11. The maximum Gasteiger partial charge on any atom is 0.0927 e. The molecule has 0 heterocycles. The number of nitrogens with two attached hydrogens (primary N) is 1. The SMILES string of the molecule is NC[C@H](O)c1cccc(Cl)c1Cl. The Morgan fingerprint density at radius 1 is 1.42 bits per heavy atom. The van der Waals surface area contributed by atoms with E-state index in [4.69, 9.17) is 28.9 Å². The largest absolute Gasteiger partial charge is 0.387 e. The minimum Gasteiger partial charge on any atom is -0.387 e. The average molecular weight is 206 g/mol. The molecule has 0 amide bonds. The monoisotopic (exact) mass is 205 g/mol. The van der Waals surface area contributed by atoms with Crippen LogP contribution in [0.4, 0.5) is 0 Å². The molecule has 4 heteroatoms. The predicted octanol–water partition coefficient (Wildman–Crippen LogP) is 1.99. The maximum absolute atomic E-state index is 9.37. The summed E-state index contributed by atoms with van der Waals surface area (Å²) in [4.78, 5) is 0. The predicted molar refractivity (Wildman–Crippen MR) is 50.5 cm³/mol. The number of aliphatic hydroxyl groups excluding tert-OH is 1. The fraction of sp³-hybridized carbons (Fsp3) is 0.250. The van der Waals surface area contributed by atoms with Crippen LogP contribution in [0.15, 0.2) is 18.2 Å². The highest BCUT2D eigenvalue weighted by Gasteiger charge is 2.10. The molecule has 1 rings (SSSR count). The van der Waals surface area contributed by atoms with Gasteiger partial charge in [0.2, 0.25) is 0 Å². The Kier molecular flexibility index (Phi) is 3.35. The highest BCUT2D eigenvalue weighted by molar-refractivity contribution is 6.42. The van der Waals surface area contributed by atoms with E-state index in [0.717, 1.165) is 0 Å². The van der Waals surface area contributed by atoms with Crippen LogP contribution in [0.2, 0.25) is 10.0 Å². The van der Waals surface area contributed by atoms with Gasteiger partial charge in [-0.3, -0.25) is 0 Å². The van der Waals surface area contributed by atoms with E-state index in [-0.39, 0.29) is 6.54 Å². The molecule has 0 aliphatic carbocycles. The lowest BCUT2D eigenvalue weighted by atomic mass is 10.1. The van der Waals surface area contributed by atoms with E-state index in [0.29, 0.717) is 15.6 Å². The van der Waals surface area contributed by atoms with Gasteiger partial charge in [-0.05, 0) is 6.07 Å². The first-order valence-corrected chi connectivity index (χ1v) is 4.24. The van der Waals surface area contributed by atoms with Crippen molar-refractivity contribution < 1.29 is 5.11 Å². The van der Waals surface area contributed by atoms with E-state index >= 15 is 0 Å². The Labute approximate surface area is 80.9 Å². The molecule has 0 unspecified atom stereocenters. The number of rotatable bonds is 2. The van der Waals surface area contributed by atoms with Crippen LogP contribution in [0, 0.1) is 0 Å². The van der Waals surface area contributed by atoms with Gasteiger partial charge in [0.1, 0.15) is 0 Å². The van der Waals surface area contributed by atoms with Crippen LogP contribution in [0.1, 0.15) is 11.7 Å². The summed E-state index contributed by atoms with van der Waals surface area (Å²) >= 11 is 11.6. The maximum atomic E-state index is 9.37. The first-order valence-electron chi connectivity index (χ1n) is 3.49. The zero-order valence-corrected chi connectivity index (χ0v) is 7.81. The Morgan fingerprint density at radius 3 is 2.67 bits per heavy atom. The molecule has 0 radical (unpaired) electrons. The van der Waals surface area contributed by atoms with Gasteiger partial charge in [-0.15, -0.1) is 0 Å². The number of hydrogen-bond donors (Lipinski definition) is 2. The zero-order chi connectivity index (χ0) is 9.14. The summed E-state index contributed by atoms with van der Waals surface area (Å²) in [5.41, 5.74) is 5.85. The third-order valence-corrected chi connectivity index (χ3v) is 2.40. The molecule has 0 aliphatic heterocycles. The van der Waals surface area contributed by atoms with Gasteiger partial charge in [-0.1, -0.05) is 35.3 Å². The summed E-state index contributed by atoms with van der Waals surface area (Å²) in [5, 5.41) is 10.2. The Balaban J connectivity index is 3.07. The standard InChI is InChI=1S/C8H9Cl2NO/c9-6-3-1-2-5(8(6)10)7(12)4-11/h1-3,7,12H,4,11H2/t7-/m0/s1. The molecule has 1 aromatic carbocycles. The lowest BCUT2D eigenvalue weighted by molar-refractivity contribution is 0.187. The molecule has 12 heavy (non-hydrogen) atoms. The van der Waals surface area contributed by atoms with E-state index in [1.54, 1.807) is 18.2 Å². The van der Waals surface area contributed by atoms with Crippen molar-refractivity contribution in [3.8, 4) is 0 Å². The summed E-state index contributed by atoms with van der Waals surface area (Å²) in [6.45, 7) is 0.139. The Hall–Kier alpha value is -0.280. The van der Waals surface area contributed by atoms with Gasteiger partial charge in [0.25, 0.3) is 0 Å². The molecule has 0 fully saturated rings. The molecule has 3 N–H and O–H groups in total. The third-order valence-electron chi connectivity index (χ3n) is 1.56. The van der Waals surface area contributed by atoms with Crippen molar-refractivity contribution in [3.63, 3.8) is 0 Å². The normalized spacial score (nSPS) is 13.0. The van der Waals surface area contributed by atoms with E-state index < -0.39 is 6.10 Å². The second kappa shape index (κ2) is 4.10. The second-order valence-electron chi connectivity index (χ2n) is 2.39. The number of halogens is 2. The molecule has 1 aromatic rings. The Morgan fingerprint density at radius 2 is 2.08 bits per heavy atom. The molecule has 0 bridgehead atoms. The number of aliphatic hydroxyl groups is 1. The summed E-state index contributed by atoms with van der Waals surface area (Å²) in [5.74, 6) is 0. The quantitative estimate of drug-likeness (QED) is 0.777. The van der Waals surface area contributed by atoms with Crippen LogP contribution in [0.25, 0.3) is 0 Å². The van der Waals surface area contributed by atoms with Crippen LogP contribution in [0.5, 0.6) is 0 Å². The molecule has 1 atom stereocenters. The molecule has 66 valence electrons.